The number of carbonyl (C=O) groups excluding carboxylic acids is 2. The van der Waals surface area contributed by atoms with Gasteiger partial charge in [0.25, 0.3) is 5.91 Å². The van der Waals surface area contributed by atoms with Crippen LogP contribution in [0.15, 0.2) is 18.2 Å². The van der Waals surface area contributed by atoms with Gasteiger partial charge in [-0.15, -0.1) is 0 Å². The van der Waals surface area contributed by atoms with Crippen molar-refractivity contribution in [3.8, 4) is 0 Å². The van der Waals surface area contributed by atoms with Crippen molar-refractivity contribution in [1.29, 1.82) is 0 Å². The predicted molar refractivity (Wildman–Crippen MR) is 82.2 cm³/mol. The van der Waals surface area contributed by atoms with E-state index in [2.05, 4.69) is 10.6 Å². The first-order chi connectivity index (χ1) is 10.5. The number of benzene rings is 1. The molecule has 118 valence electrons. The van der Waals surface area contributed by atoms with E-state index < -0.39 is 5.97 Å². The second-order valence-electron chi connectivity index (χ2n) is 5.20. The maximum absolute atomic E-state index is 12.0. The van der Waals surface area contributed by atoms with Gasteiger partial charge in [-0.3, -0.25) is 14.4 Å². The van der Waals surface area contributed by atoms with Crippen molar-refractivity contribution in [2.75, 3.05) is 30.4 Å². The van der Waals surface area contributed by atoms with Crippen LogP contribution in [0.3, 0.4) is 0 Å². The lowest BCUT2D eigenvalue weighted by atomic mass is 10.1. The fraction of sp³-hybridized carbons (Fsp3) is 0.400. The van der Waals surface area contributed by atoms with Crippen LogP contribution in [-0.2, 0) is 9.59 Å². The average molecular weight is 305 g/mol. The van der Waals surface area contributed by atoms with Gasteiger partial charge in [-0.1, -0.05) is 0 Å². The molecule has 0 saturated carbocycles. The van der Waals surface area contributed by atoms with Crippen molar-refractivity contribution in [3.05, 3.63) is 23.8 Å². The van der Waals surface area contributed by atoms with Crippen LogP contribution in [0, 0.1) is 0 Å². The Labute approximate surface area is 128 Å². The number of anilines is 2. The molecule has 1 aliphatic rings. The van der Waals surface area contributed by atoms with Crippen LogP contribution in [0.25, 0.3) is 0 Å². The average Bonchev–Trinajstić information content (AvgIpc) is 2.62. The Hall–Kier alpha value is -2.57. The van der Waals surface area contributed by atoms with Crippen molar-refractivity contribution < 1.29 is 19.5 Å². The second-order valence-corrected chi connectivity index (χ2v) is 5.20. The van der Waals surface area contributed by atoms with Gasteiger partial charge in [0, 0.05) is 38.5 Å². The van der Waals surface area contributed by atoms with Crippen molar-refractivity contribution in [3.63, 3.8) is 0 Å². The molecule has 22 heavy (non-hydrogen) atoms. The zero-order chi connectivity index (χ0) is 16.1. The number of rotatable bonds is 5. The molecule has 2 amide bonds. The lowest BCUT2D eigenvalue weighted by molar-refractivity contribution is -0.137. The van der Waals surface area contributed by atoms with E-state index in [0.717, 1.165) is 5.69 Å². The monoisotopic (exact) mass is 305 g/mol. The van der Waals surface area contributed by atoms with Gasteiger partial charge in [0.2, 0.25) is 5.91 Å². The lowest BCUT2D eigenvalue weighted by Crippen LogP contribution is -2.25. The topological polar surface area (TPSA) is 98.7 Å². The molecule has 2 rings (SSSR count). The molecule has 0 aromatic heterocycles. The van der Waals surface area contributed by atoms with Crippen LogP contribution in [-0.4, -0.2) is 43.0 Å². The minimum Gasteiger partial charge on any atom is -0.481 e. The number of nitrogens with zero attached hydrogens (tertiary/aromatic N) is 1. The molecule has 0 fully saturated rings. The predicted octanol–water partition coefficient (Wildman–Crippen LogP) is 1.06. The van der Waals surface area contributed by atoms with Gasteiger partial charge in [0.15, 0.2) is 0 Å². The molecule has 3 N–H and O–H groups in total. The Morgan fingerprint density at radius 1 is 1.41 bits per heavy atom. The molecule has 0 aliphatic carbocycles. The summed E-state index contributed by atoms with van der Waals surface area (Å²) >= 11 is 0. The highest BCUT2D eigenvalue weighted by molar-refractivity contribution is 6.00. The van der Waals surface area contributed by atoms with Crippen LogP contribution >= 0.6 is 0 Å². The summed E-state index contributed by atoms with van der Waals surface area (Å²) in [5.74, 6) is -1.25. The highest BCUT2D eigenvalue weighted by Gasteiger charge is 2.18. The molecule has 1 aliphatic heterocycles. The summed E-state index contributed by atoms with van der Waals surface area (Å²) in [6.07, 6.45) is 0.804. The van der Waals surface area contributed by atoms with Crippen molar-refractivity contribution in [1.82, 2.24) is 5.32 Å². The number of hydrogen-bond acceptors (Lipinski definition) is 4. The molecule has 7 nitrogen and oxygen atoms in total. The molecule has 0 radical (unpaired) electrons. The summed E-state index contributed by atoms with van der Waals surface area (Å²) < 4.78 is 0. The molecule has 0 spiro atoms. The summed E-state index contributed by atoms with van der Waals surface area (Å²) in [5, 5.41) is 14.0. The number of carboxylic acids is 1. The molecular formula is C15H19N3O4. The first-order valence-electron chi connectivity index (χ1n) is 7.12. The van der Waals surface area contributed by atoms with Gasteiger partial charge in [-0.25, -0.2) is 0 Å². The minimum absolute atomic E-state index is 0.0192. The number of amides is 2. The summed E-state index contributed by atoms with van der Waals surface area (Å²) in [7, 11) is 1.89. The van der Waals surface area contributed by atoms with Crippen LogP contribution in [0.2, 0.25) is 0 Å². The lowest BCUT2D eigenvalue weighted by Gasteiger charge is -2.18. The van der Waals surface area contributed by atoms with E-state index in [1.54, 1.807) is 18.2 Å². The van der Waals surface area contributed by atoms with E-state index in [4.69, 9.17) is 5.11 Å². The van der Waals surface area contributed by atoms with E-state index >= 15 is 0 Å². The molecule has 1 aromatic rings. The third-order valence-corrected chi connectivity index (χ3v) is 3.47. The molecule has 7 heteroatoms. The first kappa shape index (κ1) is 15.8. The normalized spacial score (nSPS) is 13.9. The van der Waals surface area contributed by atoms with Crippen molar-refractivity contribution in [2.45, 2.75) is 19.3 Å². The highest BCUT2D eigenvalue weighted by atomic mass is 16.4. The van der Waals surface area contributed by atoms with E-state index in [0.29, 0.717) is 37.2 Å². The summed E-state index contributed by atoms with van der Waals surface area (Å²) in [5.41, 5.74) is 1.92. The zero-order valence-electron chi connectivity index (χ0n) is 12.4. The molecule has 0 unspecified atom stereocenters. The van der Waals surface area contributed by atoms with Crippen LogP contribution in [0.4, 0.5) is 11.4 Å². The summed E-state index contributed by atoms with van der Waals surface area (Å²) in [6.45, 7) is 0.925. The van der Waals surface area contributed by atoms with Crippen molar-refractivity contribution in [2.24, 2.45) is 0 Å². The molecule has 0 bridgehead atoms. The maximum Gasteiger partial charge on any atom is 0.303 e. The quantitative estimate of drug-likeness (QED) is 0.707. The van der Waals surface area contributed by atoms with Gasteiger partial charge in [0.1, 0.15) is 0 Å². The van der Waals surface area contributed by atoms with E-state index in [1.807, 2.05) is 11.9 Å². The van der Waals surface area contributed by atoms with Gasteiger partial charge in [-0.2, -0.15) is 0 Å². The minimum atomic E-state index is -0.884. The Balaban J connectivity index is 2.05. The number of carbonyl (C=O) groups is 3. The number of fused-ring (bicyclic) bond motifs is 1. The number of aliphatic carboxylic acids is 1. The van der Waals surface area contributed by atoms with Gasteiger partial charge >= 0.3 is 5.97 Å². The van der Waals surface area contributed by atoms with Gasteiger partial charge in [0.05, 0.1) is 11.4 Å². The fourth-order valence-electron chi connectivity index (χ4n) is 2.26. The summed E-state index contributed by atoms with van der Waals surface area (Å²) in [6, 6.07) is 5.13. The molecule has 0 atom stereocenters. The number of hydrogen-bond donors (Lipinski definition) is 3. The SMILES string of the molecule is CN1CCC(=O)Nc2cc(C(=O)NCCCC(=O)O)ccc21. The second kappa shape index (κ2) is 6.93. The maximum atomic E-state index is 12.0. The van der Waals surface area contributed by atoms with E-state index in [1.165, 1.54) is 0 Å². The van der Waals surface area contributed by atoms with Crippen LogP contribution < -0.4 is 15.5 Å². The van der Waals surface area contributed by atoms with Gasteiger partial charge < -0.3 is 20.6 Å². The molecular weight excluding hydrogens is 286 g/mol. The fourth-order valence-corrected chi connectivity index (χ4v) is 2.26. The van der Waals surface area contributed by atoms with E-state index in [9.17, 15) is 14.4 Å². The molecule has 1 heterocycles. The first-order valence-corrected chi connectivity index (χ1v) is 7.12. The summed E-state index contributed by atoms with van der Waals surface area (Å²) in [4.78, 5) is 36.1. The number of nitrogens with one attached hydrogen (secondary N) is 2. The van der Waals surface area contributed by atoms with E-state index in [-0.39, 0.29) is 18.2 Å². The molecule has 0 saturated heterocycles. The Morgan fingerprint density at radius 3 is 2.91 bits per heavy atom. The Kier molecular flexibility index (Phi) is 4.98. The third kappa shape index (κ3) is 3.97. The van der Waals surface area contributed by atoms with Crippen molar-refractivity contribution >= 4 is 29.2 Å². The molecule has 1 aromatic carbocycles. The van der Waals surface area contributed by atoms with Crippen LogP contribution in [0.1, 0.15) is 29.6 Å². The third-order valence-electron chi connectivity index (χ3n) is 3.47. The van der Waals surface area contributed by atoms with Gasteiger partial charge in [-0.05, 0) is 24.6 Å². The Bertz CT molecular complexity index is 600. The highest BCUT2D eigenvalue weighted by Crippen LogP contribution is 2.28. The zero-order valence-corrected chi connectivity index (χ0v) is 12.4. The largest absolute Gasteiger partial charge is 0.481 e. The Morgan fingerprint density at radius 2 is 2.18 bits per heavy atom. The smallest absolute Gasteiger partial charge is 0.303 e. The van der Waals surface area contributed by atoms with Crippen LogP contribution in [0.5, 0.6) is 0 Å². The number of carboxylic acid groups (broad SMARTS) is 1. The standard InChI is InChI=1S/C15H19N3O4/c1-18-8-6-13(19)17-11-9-10(4-5-12(11)18)15(22)16-7-2-3-14(20)21/h4-5,9H,2-3,6-8H2,1H3,(H,16,22)(H,17,19)(H,20,21).